The van der Waals surface area contributed by atoms with Crippen molar-refractivity contribution in [3.8, 4) is 0 Å². The Labute approximate surface area is 150 Å². The molecule has 0 fully saturated rings. The minimum Gasteiger partial charge on any atom is -0.351 e. The zero-order chi connectivity index (χ0) is 17.7. The molecule has 0 aromatic heterocycles. The summed E-state index contributed by atoms with van der Waals surface area (Å²) in [5.74, 6) is -1.99. The van der Waals surface area contributed by atoms with Crippen molar-refractivity contribution in [2.24, 2.45) is 0 Å². The van der Waals surface area contributed by atoms with Crippen LogP contribution in [0.5, 0.6) is 0 Å². The van der Waals surface area contributed by atoms with Crippen LogP contribution in [0.3, 0.4) is 0 Å². The topological polar surface area (TPSA) is 58.2 Å². The zero-order valence-corrected chi connectivity index (χ0v) is 14.5. The summed E-state index contributed by atoms with van der Waals surface area (Å²) in [5.41, 5.74) is 0.492. The van der Waals surface area contributed by atoms with Gasteiger partial charge in [0.05, 0.1) is 10.6 Å². The Morgan fingerprint density at radius 3 is 2.58 bits per heavy atom. The largest absolute Gasteiger partial charge is 0.351 e. The Morgan fingerprint density at radius 1 is 1.12 bits per heavy atom. The van der Waals surface area contributed by atoms with Crippen molar-refractivity contribution in [1.29, 1.82) is 0 Å². The molecule has 4 nitrogen and oxygen atoms in total. The summed E-state index contributed by atoms with van der Waals surface area (Å²) in [6, 6.07) is 7.55. The van der Waals surface area contributed by atoms with E-state index in [9.17, 15) is 18.4 Å². The van der Waals surface area contributed by atoms with Crippen LogP contribution in [0.4, 0.5) is 14.5 Å². The summed E-state index contributed by atoms with van der Waals surface area (Å²) >= 11 is 8.78. The molecule has 0 saturated carbocycles. The maximum atomic E-state index is 13.2. The summed E-state index contributed by atoms with van der Waals surface area (Å²) < 4.78 is 26.6. The molecule has 2 aromatic carbocycles. The van der Waals surface area contributed by atoms with Gasteiger partial charge in [0.15, 0.2) is 0 Å². The molecule has 0 spiro atoms. The van der Waals surface area contributed by atoms with E-state index in [1.54, 1.807) is 0 Å². The van der Waals surface area contributed by atoms with Crippen molar-refractivity contribution in [3.63, 3.8) is 0 Å². The van der Waals surface area contributed by atoms with Gasteiger partial charge in [0.2, 0.25) is 5.91 Å². The number of amides is 2. The van der Waals surface area contributed by atoms with E-state index in [1.807, 2.05) is 0 Å². The van der Waals surface area contributed by atoms with Crippen LogP contribution in [0.2, 0.25) is 5.02 Å². The Bertz CT molecular complexity index is 787. The van der Waals surface area contributed by atoms with E-state index in [1.165, 1.54) is 24.3 Å². The van der Waals surface area contributed by atoms with Crippen molar-refractivity contribution in [1.82, 2.24) is 5.32 Å². The minimum absolute atomic E-state index is 0.00628. The first-order valence-corrected chi connectivity index (χ1v) is 8.02. The third-order valence-electron chi connectivity index (χ3n) is 3.01. The van der Waals surface area contributed by atoms with Gasteiger partial charge in [0, 0.05) is 23.1 Å². The Hall–Kier alpha value is -1.99. The van der Waals surface area contributed by atoms with E-state index in [0.717, 1.165) is 12.1 Å². The molecule has 0 saturated heterocycles. The number of carbonyl (C=O) groups is 2. The quantitative estimate of drug-likeness (QED) is 0.768. The van der Waals surface area contributed by atoms with Crippen molar-refractivity contribution in [2.75, 3.05) is 11.9 Å². The molecule has 0 aliphatic heterocycles. The molecule has 2 N–H and O–H groups in total. The second-order valence-electron chi connectivity index (χ2n) is 4.81. The van der Waals surface area contributed by atoms with Crippen LogP contribution in [-0.4, -0.2) is 18.4 Å². The van der Waals surface area contributed by atoms with Crippen LogP contribution >= 0.6 is 27.5 Å². The summed E-state index contributed by atoms with van der Waals surface area (Å²) in [6.45, 7) is 0.0581. The third kappa shape index (κ3) is 5.01. The van der Waals surface area contributed by atoms with Crippen LogP contribution in [0, 0.1) is 11.6 Å². The minimum atomic E-state index is -0.581. The summed E-state index contributed by atoms with van der Waals surface area (Å²) in [5, 5.41) is 4.96. The lowest BCUT2D eigenvalue weighted by atomic mass is 10.2. The molecule has 0 aliphatic rings. The summed E-state index contributed by atoms with van der Waals surface area (Å²) in [7, 11) is 0. The van der Waals surface area contributed by atoms with Gasteiger partial charge < -0.3 is 10.6 Å². The smallest absolute Gasteiger partial charge is 0.252 e. The van der Waals surface area contributed by atoms with E-state index in [2.05, 4.69) is 26.6 Å². The highest BCUT2D eigenvalue weighted by Crippen LogP contribution is 2.19. The first kappa shape index (κ1) is 18.4. The first-order chi connectivity index (χ1) is 11.4. The fourth-order valence-corrected chi connectivity index (χ4v) is 2.46. The Balaban J connectivity index is 1.85. The highest BCUT2D eigenvalue weighted by Gasteiger charge is 2.12. The number of halogens is 4. The number of hydrogen-bond acceptors (Lipinski definition) is 2. The van der Waals surface area contributed by atoms with Crippen molar-refractivity contribution in [3.05, 3.63) is 63.1 Å². The van der Waals surface area contributed by atoms with Gasteiger partial charge in [-0.05, 0) is 52.3 Å². The van der Waals surface area contributed by atoms with E-state index >= 15 is 0 Å². The lowest BCUT2D eigenvalue weighted by Crippen LogP contribution is -2.28. The molecule has 24 heavy (non-hydrogen) atoms. The molecular weight excluding hydrogens is 406 g/mol. The monoisotopic (exact) mass is 416 g/mol. The average Bonchev–Trinajstić information content (AvgIpc) is 2.53. The lowest BCUT2D eigenvalue weighted by Gasteiger charge is -2.08. The molecule has 2 aromatic rings. The van der Waals surface area contributed by atoms with Crippen molar-refractivity contribution < 1.29 is 18.4 Å². The van der Waals surface area contributed by atoms with Gasteiger partial charge in [-0.2, -0.15) is 0 Å². The predicted octanol–water partition coefficient (Wildman–Crippen LogP) is 4.14. The van der Waals surface area contributed by atoms with Gasteiger partial charge in [0.25, 0.3) is 5.91 Å². The van der Waals surface area contributed by atoms with E-state index in [-0.39, 0.29) is 29.5 Å². The Kier molecular flexibility index (Phi) is 6.28. The first-order valence-electron chi connectivity index (χ1n) is 6.85. The molecule has 0 unspecified atom stereocenters. The van der Waals surface area contributed by atoms with Crippen molar-refractivity contribution >= 4 is 45.0 Å². The van der Waals surface area contributed by atoms with Gasteiger partial charge in [-0.1, -0.05) is 11.6 Å². The Morgan fingerprint density at radius 2 is 1.88 bits per heavy atom. The van der Waals surface area contributed by atoms with E-state index < -0.39 is 17.5 Å². The number of nitrogens with one attached hydrogen (secondary N) is 2. The number of benzene rings is 2. The second-order valence-corrected chi connectivity index (χ2v) is 6.07. The maximum Gasteiger partial charge on any atom is 0.252 e. The van der Waals surface area contributed by atoms with E-state index in [0.29, 0.717) is 10.2 Å². The zero-order valence-electron chi connectivity index (χ0n) is 12.2. The van der Waals surface area contributed by atoms with Gasteiger partial charge in [-0.25, -0.2) is 8.78 Å². The van der Waals surface area contributed by atoms with Crippen LogP contribution in [0.15, 0.2) is 40.9 Å². The number of anilines is 1. The number of carbonyl (C=O) groups excluding carboxylic acids is 2. The maximum absolute atomic E-state index is 13.2. The molecule has 0 heterocycles. The summed E-state index contributed by atoms with van der Waals surface area (Å²) in [4.78, 5) is 23.7. The SMILES string of the molecule is O=C(CCNC(=O)c1cc(F)ccc1Br)Nc1ccc(F)c(Cl)c1. The molecule has 2 rings (SSSR count). The molecule has 0 radical (unpaired) electrons. The average molecular weight is 418 g/mol. The van der Waals surface area contributed by atoms with Crippen LogP contribution < -0.4 is 10.6 Å². The van der Waals surface area contributed by atoms with Gasteiger partial charge in [0.1, 0.15) is 11.6 Å². The van der Waals surface area contributed by atoms with Crippen LogP contribution in [0.25, 0.3) is 0 Å². The second kappa shape index (κ2) is 8.21. The molecule has 8 heteroatoms. The highest BCUT2D eigenvalue weighted by atomic mass is 79.9. The standard InChI is InChI=1S/C16H12BrClF2N2O2/c17-12-3-1-9(19)7-11(12)16(24)21-6-5-15(23)22-10-2-4-14(20)13(18)8-10/h1-4,7-8H,5-6H2,(H,21,24)(H,22,23). The molecular formula is C16H12BrClF2N2O2. The van der Waals surface area contributed by atoms with Gasteiger partial charge in [-0.15, -0.1) is 0 Å². The van der Waals surface area contributed by atoms with Gasteiger partial charge in [-0.3, -0.25) is 9.59 Å². The number of hydrogen-bond donors (Lipinski definition) is 2. The normalized spacial score (nSPS) is 10.3. The third-order valence-corrected chi connectivity index (χ3v) is 4.00. The highest BCUT2D eigenvalue weighted by molar-refractivity contribution is 9.10. The van der Waals surface area contributed by atoms with Gasteiger partial charge >= 0.3 is 0 Å². The molecule has 0 aliphatic carbocycles. The molecule has 2 amide bonds. The number of rotatable bonds is 5. The molecule has 0 atom stereocenters. The molecule has 0 bridgehead atoms. The van der Waals surface area contributed by atoms with Crippen molar-refractivity contribution in [2.45, 2.75) is 6.42 Å². The van der Waals surface area contributed by atoms with Crippen LogP contribution in [0.1, 0.15) is 16.8 Å². The fraction of sp³-hybridized carbons (Fsp3) is 0.125. The summed E-state index contributed by atoms with van der Waals surface area (Å²) in [6.07, 6.45) is -0.00628. The molecule has 126 valence electrons. The lowest BCUT2D eigenvalue weighted by molar-refractivity contribution is -0.116. The van der Waals surface area contributed by atoms with E-state index in [4.69, 9.17) is 11.6 Å². The predicted molar refractivity (Wildman–Crippen MR) is 91.1 cm³/mol. The fourth-order valence-electron chi connectivity index (χ4n) is 1.85. The van der Waals surface area contributed by atoms with Crippen LogP contribution in [-0.2, 0) is 4.79 Å².